The number of carbonyl (C=O) groups is 1. The fraction of sp³-hybridized carbons (Fsp3) is 0.513. The zero-order valence-electron chi connectivity index (χ0n) is 27.5. The first-order valence-corrected chi connectivity index (χ1v) is 17.1. The Labute approximate surface area is 272 Å². The number of likely N-dealkylation sites (tertiary alicyclic amines) is 1. The number of benzene rings is 3. The van der Waals surface area contributed by atoms with Crippen molar-refractivity contribution in [3.63, 3.8) is 0 Å². The molecule has 0 radical (unpaired) electrons. The second-order valence-corrected chi connectivity index (χ2v) is 14.8. The minimum atomic E-state index is -0.467. The van der Waals surface area contributed by atoms with E-state index in [0.717, 1.165) is 89.0 Å². The number of anilines is 1. The molecule has 0 aromatic heterocycles. The van der Waals surface area contributed by atoms with Crippen LogP contribution in [0.5, 0.6) is 5.75 Å². The Morgan fingerprint density at radius 1 is 0.935 bits per heavy atom. The van der Waals surface area contributed by atoms with Crippen LogP contribution in [0.1, 0.15) is 93.4 Å². The highest BCUT2D eigenvalue weighted by atomic mass is 19.1. The summed E-state index contributed by atoms with van der Waals surface area (Å²) in [5, 5.41) is 0. The highest BCUT2D eigenvalue weighted by Crippen LogP contribution is 2.48. The second-order valence-electron chi connectivity index (χ2n) is 14.8. The zero-order valence-corrected chi connectivity index (χ0v) is 27.5. The molecule has 3 saturated heterocycles. The van der Waals surface area contributed by atoms with E-state index in [1.54, 1.807) is 12.1 Å². The number of halogens is 1. The van der Waals surface area contributed by atoms with E-state index in [-0.39, 0.29) is 35.5 Å². The van der Waals surface area contributed by atoms with Gasteiger partial charge in [-0.2, -0.15) is 0 Å². The molecule has 0 saturated carbocycles. The molecule has 3 aromatic rings. The molecule has 4 aliphatic rings. The lowest BCUT2D eigenvalue weighted by Gasteiger charge is -2.54. The Morgan fingerprint density at radius 2 is 1.70 bits per heavy atom. The Morgan fingerprint density at radius 3 is 2.39 bits per heavy atom. The Balaban J connectivity index is 1.07. The van der Waals surface area contributed by atoms with Crippen LogP contribution in [0.3, 0.4) is 0 Å². The minimum Gasteiger partial charge on any atom is -0.465 e. The van der Waals surface area contributed by atoms with Crippen LogP contribution >= 0.6 is 0 Å². The van der Waals surface area contributed by atoms with Gasteiger partial charge < -0.3 is 24.0 Å². The summed E-state index contributed by atoms with van der Waals surface area (Å²) in [7, 11) is 0. The molecule has 7 heteroatoms. The fourth-order valence-corrected chi connectivity index (χ4v) is 8.02. The number of hydrogen-bond donors (Lipinski definition) is 0. The van der Waals surface area contributed by atoms with Crippen LogP contribution < -0.4 is 9.64 Å². The van der Waals surface area contributed by atoms with Crippen molar-refractivity contribution in [1.29, 1.82) is 0 Å². The summed E-state index contributed by atoms with van der Waals surface area (Å²) in [5.41, 5.74) is 5.49. The summed E-state index contributed by atoms with van der Waals surface area (Å²) in [5.74, 6) is 0.825. The van der Waals surface area contributed by atoms with Crippen LogP contribution in [0.15, 0.2) is 66.7 Å². The Bertz CT molecular complexity index is 1530. The first-order valence-electron chi connectivity index (χ1n) is 17.1. The van der Waals surface area contributed by atoms with Crippen molar-refractivity contribution in [3.05, 3.63) is 94.8 Å². The van der Waals surface area contributed by atoms with Crippen molar-refractivity contribution < 1.29 is 23.4 Å². The van der Waals surface area contributed by atoms with Gasteiger partial charge in [-0.1, -0.05) is 36.4 Å². The second kappa shape index (κ2) is 12.6. The van der Waals surface area contributed by atoms with E-state index in [0.29, 0.717) is 0 Å². The van der Waals surface area contributed by atoms with Gasteiger partial charge in [0.2, 0.25) is 0 Å². The molecule has 0 bridgehead atoms. The first kappa shape index (κ1) is 31.0. The normalized spacial score (nSPS) is 24.2. The number of amides is 1. The number of fused-ring (bicyclic) bond motifs is 1. The van der Waals surface area contributed by atoms with E-state index >= 15 is 4.39 Å². The van der Waals surface area contributed by atoms with Gasteiger partial charge >= 0.3 is 6.09 Å². The Kier molecular flexibility index (Phi) is 8.47. The molecular formula is C39H47FN2O4. The third kappa shape index (κ3) is 6.48. The van der Waals surface area contributed by atoms with Gasteiger partial charge in [-0.05, 0) is 118 Å². The van der Waals surface area contributed by atoms with Crippen molar-refractivity contribution >= 4 is 11.8 Å². The molecule has 6 nitrogen and oxygen atoms in total. The Hall–Kier alpha value is -3.58. The van der Waals surface area contributed by atoms with Crippen molar-refractivity contribution in [3.8, 4) is 5.75 Å². The van der Waals surface area contributed by atoms with Crippen molar-refractivity contribution in [2.24, 2.45) is 5.41 Å². The molecule has 46 heavy (non-hydrogen) atoms. The van der Waals surface area contributed by atoms with E-state index in [2.05, 4.69) is 47.4 Å². The number of piperidine rings is 1. The van der Waals surface area contributed by atoms with Crippen molar-refractivity contribution in [2.45, 2.75) is 89.4 Å². The number of hydrogen-bond acceptors (Lipinski definition) is 5. The molecule has 1 aliphatic carbocycles. The van der Waals surface area contributed by atoms with Crippen LogP contribution in [0.4, 0.5) is 14.9 Å². The van der Waals surface area contributed by atoms with Gasteiger partial charge in [0.15, 0.2) is 6.29 Å². The van der Waals surface area contributed by atoms with E-state index < -0.39 is 5.60 Å². The zero-order chi connectivity index (χ0) is 31.9. The lowest BCUT2D eigenvalue weighted by atomic mass is 9.69. The summed E-state index contributed by atoms with van der Waals surface area (Å²) < 4.78 is 32.9. The summed E-state index contributed by atoms with van der Waals surface area (Å²) in [4.78, 5) is 16.8. The predicted molar refractivity (Wildman–Crippen MR) is 178 cm³/mol. The van der Waals surface area contributed by atoms with Gasteiger partial charge in [-0.25, -0.2) is 9.18 Å². The van der Waals surface area contributed by atoms with Crippen LogP contribution in [-0.2, 0) is 15.9 Å². The molecular weight excluding hydrogens is 579 g/mol. The predicted octanol–water partition coefficient (Wildman–Crippen LogP) is 8.43. The maximum atomic E-state index is 15.2. The van der Waals surface area contributed by atoms with Crippen LogP contribution in [0, 0.1) is 11.2 Å². The third-order valence-electron chi connectivity index (χ3n) is 10.4. The average Bonchev–Trinajstić information content (AvgIpc) is 3.03. The SMILES string of the molecule is CC(C)(C)OC(=O)N1CC2(CCN(c3ccc(C4c5ccc(OC6CCCCO6)cc5CCC4c4ccccc4F)cc3)CC2)C1. The van der Waals surface area contributed by atoms with E-state index in [1.807, 2.05) is 37.8 Å². The molecule has 1 amide bonds. The molecule has 3 atom stereocenters. The fourth-order valence-electron chi connectivity index (χ4n) is 8.02. The largest absolute Gasteiger partial charge is 0.465 e. The van der Waals surface area contributed by atoms with E-state index in [9.17, 15) is 4.79 Å². The molecule has 244 valence electrons. The average molecular weight is 627 g/mol. The lowest BCUT2D eigenvalue weighted by molar-refractivity contribution is -0.105. The van der Waals surface area contributed by atoms with Crippen LogP contribution in [0.2, 0.25) is 0 Å². The smallest absolute Gasteiger partial charge is 0.410 e. The van der Waals surface area contributed by atoms with Gasteiger partial charge in [0.25, 0.3) is 0 Å². The molecule has 0 N–H and O–H groups in total. The molecule has 3 fully saturated rings. The van der Waals surface area contributed by atoms with E-state index in [4.69, 9.17) is 14.2 Å². The highest BCUT2D eigenvalue weighted by Gasteiger charge is 2.48. The number of ether oxygens (including phenoxy) is 3. The molecule has 3 heterocycles. The maximum Gasteiger partial charge on any atom is 0.410 e. The number of nitrogens with zero attached hydrogens (tertiary/aromatic N) is 2. The first-order chi connectivity index (χ1) is 22.2. The molecule has 3 unspecified atom stereocenters. The summed E-state index contributed by atoms with van der Waals surface area (Å²) in [6, 6.07) is 22.7. The quantitative estimate of drug-likeness (QED) is 0.285. The summed E-state index contributed by atoms with van der Waals surface area (Å²) >= 11 is 0. The van der Waals surface area contributed by atoms with Crippen molar-refractivity contribution in [1.82, 2.24) is 4.90 Å². The minimum absolute atomic E-state index is 0.0492. The van der Waals surface area contributed by atoms with Gasteiger partial charge in [0, 0.05) is 49.6 Å². The van der Waals surface area contributed by atoms with Gasteiger partial charge in [0.1, 0.15) is 17.2 Å². The van der Waals surface area contributed by atoms with Gasteiger partial charge in [-0.3, -0.25) is 0 Å². The molecule has 3 aromatic carbocycles. The monoisotopic (exact) mass is 626 g/mol. The topological polar surface area (TPSA) is 51.2 Å². The lowest BCUT2D eigenvalue weighted by Crippen LogP contribution is -2.62. The summed E-state index contributed by atoms with van der Waals surface area (Å²) in [6.07, 6.45) is 6.65. The van der Waals surface area contributed by atoms with Crippen LogP contribution in [0.25, 0.3) is 0 Å². The molecule has 7 rings (SSSR count). The molecule has 1 spiro atoms. The number of aryl methyl sites for hydroxylation is 1. The maximum absolute atomic E-state index is 15.2. The summed E-state index contributed by atoms with van der Waals surface area (Å²) in [6.45, 7) is 10.0. The number of rotatable bonds is 5. The van der Waals surface area contributed by atoms with E-state index in [1.165, 1.54) is 22.4 Å². The van der Waals surface area contributed by atoms with Gasteiger partial charge in [-0.15, -0.1) is 0 Å². The van der Waals surface area contributed by atoms with Crippen molar-refractivity contribution in [2.75, 3.05) is 37.7 Å². The number of carbonyl (C=O) groups excluding carboxylic acids is 1. The highest BCUT2D eigenvalue weighted by molar-refractivity contribution is 5.69. The third-order valence-corrected chi connectivity index (χ3v) is 10.4. The van der Waals surface area contributed by atoms with Gasteiger partial charge in [0.05, 0.1) is 6.61 Å². The van der Waals surface area contributed by atoms with Crippen LogP contribution in [-0.4, -0.2) is 55.7 Å². The molecule has 3 aliphatic heterocycles. The standard InChI is InChI=1S/C39H47FN2O4/c1-38(2,3)46-37(43)42-25-39(26-42)19-21-41(22-20-39)29-14-11-27(12-15-29)36-31-18-16-30(45-35-10-6-7-23-44-35)24-28(31)13-17-33(36)32-8-4-5-9-34(32)40/h4-5,8-9,11-12,14-16,18,24,33,35-36H,6-7,10,13,17,19-23,25-26H2,1-3H3.